The van der Waals surface area contributed by atoms with Crippen LogP contribution in [0.2, 0.25) is 0 Å². The second-order valence-corrected chi connectivity index (χ2v) is 10.1. The number of thiophene rings is 1. The van der Waals surface area contributed by atoms with Crippen LogP contribution in [0.4, 0.5) is 5.69 Å². The molecule has 4 rings (SSSR count). The maximum atomic E-state index is 13.5. The van der Waals surface area contributed by atoms with Gasteiger partial charge in [0, 0.05) is 29.3 Å². The fourth-order valence-corrected chi connectivity index (χ4v) is 6.22. The van der Waals surface area contributed by atoms with Crippen LogP contribution in [-0.4, -0.2) is 40.0 Å². The predicted octanol–water partition coefficient (Wildman–Crippen LogP) is 4.49. The van der Waals surface area contributed by atoms with Gasteiger partial charge in [0.05, 0.1) is 10.3 Å². The van der Waals surface area contributed by atoms with Crippen LogP contribution in [0.1, 0.15) is 35.3 Å². The summed E-state index contributed by atoms with van der Waals surface area (Å²) < 4.78 is 1.84. The normalized spacial score (nSPS) is 13.6. The monoisotopic (exact) mass is 458 g/mol. The Morgan fingerprint density at radius 3 is 2.68 bits per heavy atom. The Bertz CT molecular complexity index is 1150. The van der Waals surface area contributed by atoms with E-state index >= 15 is 0 Å². The Labute approximate surface area is 189 Å². The summed E-state index contributed by atoms with van der Waals surface area (Å²) >= 11 is 3.19. The summed E-state index contributed by atoms with van der Waals surface area (Å²) in [5, 5.41) is 12.4. The van der Waals surface area contributed by atoms with E-state index in [4.69, 9.17) is 4.98 Å². The van der Waals surface area contributed by atoms with Gasteiger partial charge in [-0.25, -0.2) is 4.98 Å². The van der Waals surface area contributed by atoms with Crippen molar-refractivity contribution >= 4 is 39.0 Å². The molecule has 7 nitrogen and oxygen atoms in total. The van der Waals surface area contributed by atoms with E-state index in [0.717, 1.165) is 53.2 Å². The number of hydrogen-bond donors (Lipinski definition) is 0. The average molecular weight is 459 g/mol. The quantitative estimate of drug-likeness (QED) is 0.214. The molecule has 0 saturated heterocycles. The summed E-state index contributed by atoms with van der Waals surface area (Å²) in [6, 6.07) is 6.57. The molecule has 0 N–H and O–H groups in total. The number of non-ortho nitro benzene ring substituents is 1. The van der Waals surface area contributed by atoms with Gasteiger partial charge in [-0.05, 0) is 63.9 Å². The molecule has 0 fully saturated rings. The van der Waals surface area contributed by atoms with Crippen molar-refractivity contribution < 1.29 is 4.92 Å². The first-order valence-electron chi connectivity index (χ1n) is 10.5. The lowest BCUT2D eigenvalue weighted by Crippen LogP contribution is -2.25. The van der Waals surface area contributed by atoms with Crippen molar-refractivity contribution in [3.63, 3.8) is 0 Å². The first-order valence-corrected chi connectivity index (χ1v) is 12.3. The maximum absolute atomic E-state index is 13.5. The van der Waals surface area contributed by atoms with E-state index in [2.05, 4.69) is 4.90 Å². The molecule has 0 spiro atoms. The molecule has 0 saturated carbocycles. The number of aryl methyl sites for hydroxylation is 2. The van der Waals surface area contributed by atoms with Gasteiger partial charge in [0.15, 0.2) is 5.16 Å². The SMILES string of the molecule is CN(C)CCCn1c(SCc2ccc([N+](=O)[O-])cc2)nc2sc3c(c2c1=O)CCCC3. The summed E-state index contributed by atoms with van der Waals surface area (Å²) in [5.74, 6) is 0.606. The Kier molecular flexibility index (Phi) is 6.74. The number of nitro benzene ring substituents is 1. The third kappa shape index (κ3) is 4.83. The van der Waals surface area contributed by atoms with E-state index in [-0.39, 0.29) is 11.2 Å². The van der Waals surface area contributed by atoms with Gasteiger partial charge in [-0.15, -0.1) is 11.3 Å². The highest BCUT2D eigenvalue weighted by molar-refractivity contribution is 7.98. The highest BCUT2D eigenvalue weighted by Gasteiger charge is 2.22. The molecule has 0 bridgehead atoms. The summed E-state index contributed by atoms with van der Waals surface area (Å²) in [5.41, 5.74) is 2.35. The van der Waals surface area contributed by atoms with Crippen LogP contribution in [0.25, 0.3) is 10.2 Å². The fourth-order valence-electron chi connectivity index (χ4n) is 3.93. The van der Waals surface area contributed by atoms with Gasteiger partial charge < -0.3 is 4.90 Å². The van der Waals surface area contributed by atoms with Gasteiger partial charge in [0.2, 0.25) is 0 Å². The molecule has 1 aliphatic rings. The van der Waals surface area contributed by atoms with Crippen LogP contribution in [0.15, 0.2) is 34.2 Å². The molecule has 0 unspecified atom stereocenters. The van der Waals surface area contributed by atoms with Crippen molar-refractivity contribution in [2.45, 2.75) is 49.6 Å². The Hall–Kier alpha value is -2.23. The number of thioether (sulfide) groups is 1. The third-order valence-electron chi connectivity index (χ3n) is 5.54. The van der Waals surface area contributed by atoms with E-state index in [1.54, 1.807) is 23.5 Å². The first-order chi connectivity index (χ1) is 14.9. The summed E-state index contributed by atoms with van der Waals surface area (Å²) in [7, 11) is 4.06. The molecule has 0 atom stereocenters. The van der Waals surface area contributed by atoms with Gasteiger partial charge in [-0.3, -0.25) is 19.5 Å². The lowest BCUT2D eigenvalue weighted by atomic mass is 9.97. The van der Waals surface area contributed by atoms with Crippen LogP contribution in [0.5, 0.6) is 0 Å². The van der Waals surface area contributed by atoms with E-state index in [1.165, 1.54) is 40.8 Å². The number of hydrogen-bond acceptors (Lipinski definition) is 7. The second kappa shape index (κ2) is 9.50. The molecular formula is C22H26N4O3S2. The molecule has 0 amide bonds. The van der Waals surface area contributed by atoms with E-state index in [9.17, 15) is 14.9 Å². The minimum absolute atomic E-state index is 0.0781. The highest BCUT2D eigenvalue weighted by atomic mass is 32.2. The van der Waals surface area contributed by atoms with Crippen LogP contribution < -0.4 is 5.56 Å². The summed E-state index contributed by atoms with van der Waals surface area (Å²) in [4.78, 5) is 33.2. The van der Waals surface area contributed by atoms with Crippen LogP contribution in [0, 0.1) is 10.1 Å². The number of rotatable bonds is 8. The zero-order valence-corrected chi connectivity index (χ0v) is 19.4. The number of nitro groups is 1. The van der Waals surface area contributed by atoms with E-state index < -0.39 is 4.92 Å². The zero-order chi connectivity index (χ0) is 22.0. The van der Waals surface area contributed by atoms with Gasteiger partial charge in [-0.2, -0.15) is 0 Å². The van der Waals surface area contributed by atoms with Crippen LogP contribution in [-0.2, 0) is 25.1 Å². The van der Waals surface area contributed by atoms with E-state index in [1.807, 2.05) is 18.7 Å². The molecule has 0 radical (unpaired) electrons. The standard InChI is InChI=1S/C22H26N4O3S2/c1-24(2)12-5-13-25-21(27)19-17-6-3-4-7-18(17)31-20(19)23-22(25)30-14-15-8-10-16(11-9-15)26(28)29/h8-11H,3-7,12-14H2,1-2H3. The molecule has 31 heavy (non-hydrogen) atoms. The minimum Gasteiger partial charge on any atom is -0.309 e. The van der Waals surface area contributed by atoms with Crippen LogP contribution in [0.3, 0.4) is 0 Å². The number of aromatic nitrogens is 2. The molecule has 164 valence electrons. The van der Waals surface area contributed by atoms with Gasteiger partial charge in [-0.1, -0.05) is 23.9 Å². The van der Waals surface area contributed by atoms with Crippen molar-refractivity contribution in [3.8, 4) is 0 Å². The second-order valence-electron chi connectivity index (χ2n) is 8.11. The molecule has 2 aromatic heterocycles. The molecule has 3 aromatic rings. The third-order valence-corrected chi connectivity index (χ3v) is 7.78. The van der Waals surface area contributed by atoms with Crippen molar-refractivity contribution in [3.05, 3.63) is 60.7 Å². The van der Waals surface area contributed by atoms with Crippen molar-refractivity contribution in [2.75, 3.05) is 20.6 Å². The number of benzene rings is 1. The molecule has 9 heteroatoms. The average Bonchev–Trinajstić information content (AvgIpc) is 3.12. The number of nitrogens with zero attached hydrogens (tertiary/aromatic N) is 4. The lowest BCUT2D eigenvalue weighted by molar-refractivity contribution is -0.384. The summed E-state index contributed by atoms with van der Waals surface area (Å²) in [6.07, 6.45) is 5.20. The maximum Gasteiger partial charge on any atom is 0.269 e. The Morgan fingerprint density at radius 2 is 1.97 bits per heavy atom. The molecular weight excluding hydrogens is 432 g/mol. The predicted molar refractivity (Wildman–Crippen MR) is 126 cm³/mol. The molecule has 0 aliphatic heterocycles. The highest BCUT2D eigenvalue weighted by Crippen LogP contribution is 2.35. The Morgan fingerprint density at radius 1 is 1.23 bits per heavy atom. The van der Waals surface area contributed by atoms with E-state index in [0.29, 0.717) is 12.3 Å². The molecule has 2 heterocycles. The van der Waals surface area contributed by atoms with Gasteiger partial charge in [0.25, 0.3) is 11.2 Å². The van der Waals surface area contributed by atoms with Crippen molar-refractivity contribution in [1.29, 1.82) is 0 Å². The van der Waals surface area contributed by atoms with Crippen molar-refractivity contribution in [1.82, 2.24) is 14.5 Å². The first kappa shape index (κ1) is 22.0. The largest absolute Gasteiger partial charge is 0.309 e. The summed E-state index contributed by atoms with van der Waals surface area (Å²) in [6.45, 7) is 1.53. The smallest absolute Gasteiger partial charge is 0.269 e. The number of fused-ring (bicyclic) bond motifs is 3. The topological polar surface area (TPSA) is 81.3 Å². The van der Waals surface area contributed by atoms with Gasteiger partial charge >= 0.3 is 0 Å². The van der Waals surface area contributed by atoms with Crippen LogP contribution >= 0.6 is 23.1 Å². The van der Waals surface area contributed by atoms with Gasteiger partial charge in [0.1, 0.15) is 4.83 Å². The minimum atomic E-state index is -0.395. The Balaban J connectivity index is 1.66. The fraction of sp³-hybridized carbons (Fsp3) is 0.455. The van der Waals surface area contributed by atoms with Crippen molar-refractivity contribution in [2.24, 2.45) is 0 Å². The zero-order valence-electron chi connectivity index (χ0n) is 17.8. The molecule has 1 aromatic carbocycles. The molecule has 1 aliphatic carbocycles. The lowest BCUT2D eigenvalue weighted by Gasteiger charge is -2.15.